The number of terminal acetylenes is 1. The largest absolute Gasteiger partial charge is 0.312 e. The van der Waals surface area contributed by atoms with E-state index in [0.29, 0.717) is 5.92 Å². The van der Waals surface area contributed by atoms with E-state index in [9.17, 15) is 0 Å². The van der Waals surface area contributed by atoms with Crippen molar-refractivity contribution >= 4 is 11.3 Å². The van der Waals surface area contributed by atoms with Gasteiger partial charge in [-0.15, -0.1) is 23.7 Å². The zero-order valence-electron chi connectivity index (χ0n) is 10.1. The molecule has 1 rings (SSSR count). The summed E-state index contributed by atoms with van der Waals surface area (Å²) in [5, 5.41) is 4.64. The van der Waals surface area contributed by atoms with Crippen LogP contribution in [0, 0.1) is 12.3 Å². The maximum absolute atomic E-state index is 5.19. The average molecular weight is 236 g/mol. The number of aromatic nitrogens is 1. The first-order valence-electron chi connectivity index (χ1n) is 5.82. The minimum absolute atomic E-state index is 0.536. The Bertz CT molecular complexity index is 336. The van der Waals surface area contributed by atoms with Crippen molar-refractivity contribution in [3.05, 3.63) is 16.1 Å². The first-order valence-corrected chi connectivity index (χ1v) is 6.64. The molecule has 1 aromatic rings. The fraction of sp³-hybridized carbons (Fsp3) is 0.615. The second kappa shape index (κ2) is 7.43. The molecule has 0 aliphatic carbocycles. The van der Waals surface area contributed by atoms with Gasteiger partial charge in [-0.1, -0.05) is 13.8 Å². The van der Waals surface area contributed by atoms with E-state index in [-0.39, 0.29) is 0 Å². The summed E-state index contributed by atoms with van der Waals surface area (Å²) < 4.78 is 0. The van der Waals surface area contributed by atoms with E-state index in [1.165, 1.54) is 9.88 Å². The monoisotopic (exact) mass is 236 g/mol. The van der Waals surface area contributed by atoms with Crippen molar-refractivity contribution in [1.29, 1.82) is 0 Å². The normalized spacial score (nSPS) is 10.6. The van der Waals surface area contributed by atoms with Crippen molar-refractivity contribution < 1.29 is 0 Å². The molecule has 0 aliphatic rings. The molecule has 0 amide bonds. The van der Waals surface area contributed by atoms with Gasteiger partial charge in [-0.2, -0.15) is 0 Å². The Labute approximate surface area is 102 Å². The third-order valence-electron chi connectivity index (χ3n) is 2.29. The summed E-state index contributed by atoms with van der Waals surface area (Å²) >= 11 is 1.80. The van der Waals surface area contributed by atoms with Crippen molar-refractivity contribution in [2.24, 2.45) is 0 Å². The van der Waals surface area contributed by atoms with Gasteiger partial charge < -0.3 is 5.32 Å². The van der Waals surface area contributed by atoms with Crippen LogP contribution in [0.4, 0.5) is 0 Å². The Hall–Kier alpha value is -0.850. The van der Waals surface area contributed by atoms with Crippen LogP contribution in [0.5, 0.6) is 0 Å². The molecule has 3 heteroatoms. The van der Waals surface area contributed by atoms with Crippen LogP contribution in [-0.2, 0) is 6.54 Å². The molecule has 2 nitrogen and oxygen atoms in total. The summed E-state index contributed by atoms with van der Waals surface area (Å²) in [7, 11) is 0. The maximum atomic E-state index is 5.19. The molecule has 0 aliphatic heterocycles. The summed E-state index contributed by atoms with van der Waals surface area (Å²) in [5.74, 6) is 3.19. The molecule has 88 valence electrons. The topological polar surface area (TPSA) is 24.9 Å². The average Bonchev–Trinajstić information content (AvgIpc) is 2.72. The van der Waals surface area contributed by atoms with Crippen LogP contribution in [0.3, 0.4) is 0 Å². The lowest BCUT2D eigenvalue weighted by atomic mass is 10.2. The van der Waals surface area contributed by atoms with Crippen molar-refractivity contribution in [3.63, 3.8) is 0 Å². The van der Waals surface area contributed by atoms with Gasteiger partial charge in [0, 0.05) is 30.0 Å². The first-order chi connectivity index (χ1) is 7.74. The molecule has 16 heavy (non-hydrogen) atoms. The molecular formula is C13H20N2S. The summed E-state index contributed by atoms with van der Waals surface area (Å²) in [6.07, 6.45) is 10.3. The van der Waals surface area contributed by atoms with Gasteiger partial charge >= 0.3 is 0 Å². The fourth-order valence-corrected chi connectivity index (χ4v) is 2.25. The quantitative estimate of drug-likeness (QED) is 0.581. The minimum atomic E-state index is 0.536. The van der Waals surface area contributed by atoms with Gasteiger partial charge in [0.2, 0.25) is 0 Å². The standard InChI is InChI=1S/C13H20N2S/c1-4-5-6-7-8-14-9-12-10-15-13(16-12)11(2)3/h1,10-11,14H,5-9H2,2-3H3. The lowest BCUT2D eigenvalue weighted by molar-refractivity contribution is 0.633. The Kier molecular flexibility index (Phi) is 6.14. The molecule has 0 unspecified atom stereocenters. The van der Waals surface area contributed by atoms with Crippen LogP contribution in [0.2, 0.25) is 0 Å². The van der Waals surface area contributed by atoms with Crippen molar-refractivity contribution in [3.8, 4) is 12.3 Å². The van der Waals surface area contributed by atoms with Crippen molar-refractivity contribution in [2.45, 2.75) is 45.6 Å². The number of unbranched alkanes of at least 4 members (excludes halogenated alkanes) is 2. The summed E-state index contributed by atoms with van der Waals surface area (Å²) in [5.41, 5.74) is 0. The van der Waals surface area contributed by atoms with E-state index in [1.54, 1.807) is 11.3 Å². The smallest absolute Gasteiger partial charge is 0.0953 e. The van der Waals surface area contributed by atoms with Crippen LogP contribution in [-0.4, -0.2) is 11.5 Å². The Morgan fingerprint density at radius 2 is 2.31 bits per heavy atom. The molecule has 0 spiro atoms. The zero-order chi connectivity index (χ0) is 11.8. The van der Waals surface area contributed by atoms with E-state index in [0.717, 1.165) is 32.4 Å². The Morgan fingerprint density at radius 1 is 1.50 bits per heavy atom. The number of nitrogens with one attached hydrogen (secondary N) is 1. The lowest BCUT2D eigenvalue weighted by Gasteiger charge is -2.01. The van der Waals surface area contributed by atoms with Crippen molar-refractivity contribution in [1.82, 2.24) is 10.3 Å². The number of nitrogens with zero attached hydrogens (tertiary/aromatic N) is 1. The van der Waals surface area contributed by atoms with Crippen LogP contribution in [0.1, 0.15) is 48.9 Å². The van der Waals surface area contributed by atoms with E-state index in [4.69, 9.17) is 6.42 Å². The van der Waals surface area contributed by atoms with Gasteiger partial charge in [0.05, 0.1) is 5.01 Å². The van der Waals surface area contributed by atoms with Crippen LogP contribution >= 0.6 is 11.3 Å². The third-order valence-corrected chi connectivity index (χ3v) is 3.59. The Morgan fingerprint density at radius 3 is 2.94 bits per heavy atom. The molecule has 0 radical (unpaired) electrons. The van der Waals surface area contributed by atoms with Crippen LogP contribution in [0.25, 0.3) is 0 Å². The zero-order valence-corrected chi connectivity index (χ0v) is 10.9. The van der Waals surface area contributed by atoms with Gasteiger partial charge in [0.1, 0.15) is 0 Å². The number of thiazole rings is 1. The van der Waals surface area contributed by atoms with Gasteiger partial charge in [-0.3, -0.25) is 0 Å². The van der Waals surface area contributed by atoms with Crippen LogP contribution in [0.15, 0.2) is 6.20 Å². The third kappa shape index (κ3) is 4.78. The number of rotatable bonds is 7. The maximum Gasteiger partial charge on any atom is 0.0953 e. The van der Waals surface area contributed by atoms with E-state index in [2.05, 4.69) is 30.1 Å². The molecule has 0 aromatic carbocycles. The van der Waals surface area contributed by atoms with Crippen molar-refractivity contribution in [2.75, 3.05) is 6.54 Å². The summed E-state index contributed by atoms with van der Waals surface area (Å²) in [4.78, 5) is 5.72. The van der Waals surface area contributed by atoms with Gasteiger partial charge in [-0.25, -0.2) is 4.98 Å². The van der Waals surface area contributed by atoms with E-state index >= 15 is 0 Å². The molecule has 0 saturated heterocycles. The molecule has 1 aromatic heterocycles. The molecule has 1 heterocycles. The highest BCUT2D eigenvalue weighted by Gasteiger charge is 2.04. The molecular weight excluding hydrogens is 216 g/mol. The highest BCUT2D eigenvalue weighted by atomic mass is 32.1. The second-order valence-corrected chi connectivity index (χ2v) is 5.30. The molecule has 0 atom stereocenters. The second-order valence-electron chi connectivity index (χ2n) is 4.16. The highest BCUT2D eigenvalue weighted by molar-refractivity contribution is 7.11. The van der Waals surface area contributed by atoms with Gasteiger partial charge in [0.15, 0.2) is 0 Å². The predicted molar refractivity (Wildman–Crippen MR) is 70.6 cm³/mol. The Balaban J connectivity index is 2.15. The van der Waals surface area contributed by atoms with E-state index in [1.807, 2.05) is 6.20 Å². The fourth-order valence-electron chi connectivity index (χ4n) is 1.36. The first kappa shape index (κ1) is 13.2. The molecule has 0 saturated carbocycles. The summed E-state index contributed by atoms with van der Waals surface area (Å²) in [6.45, 7) is 6.32. The number of hydrogen-bond acceptors (Lipinski definition) is 3. The highest BCUT2D eigenvalue weighted by Crippen LogP contribution is 2.20. The van der Waals surface area contributed by atoms with E-state index < -0.39 is 0 Å². The molecule has 1 N–H and O–H groups in total. The minimum Gasteiger partial charge on any atom is -0.312 e. The SMILES string of the molecule is C#CCCCCNCc1cnc(C(C)C)s1. The summed E-state index contributed by atoms with van der Waals surface area (Å²) in [6, 6.07) is 0. The van der Waals surface area contributed by atoms with Gasteiger partial charge in [-0.05, 0) is 19.4 Å². The predicted octanol–water partition coefficient (Wildman–Crippen LogP) is 3.16. The molecule has 0 fully saturated rings. The van der Waals surface area contributed by atoms with Crippen LogP contribution < -0.4 is 5.32 Å². The number of hydrogen-bond donors (Lipinski definition) is 1. The molecule has 0 bridgehead atoms. The van der Waals surface area contributed by atoms with Gasteiger partial charge in [0.25, 0.3) is 0 Å². The lowest BCUT2D eigenvalue weighted by Crippen LogP contribution is -2.13.